The van der Waals surface area contributed by atoms with Crippen molar-refractivity contribution in [1.29, 1.82) is 5.26 Å². The Morgan fingerprint density at radius 1 is 1.35 bits per heavy atom. The Kier molecular flexibility index (Phi) is 2.88. The third kappa shape index (κ3) is 2.16. The summed E-state index contributed by atoms with van der Waals surface area (Å²) in [6, 6.07) is 8.37. The van der Waals surface area contributed by atoms with Crippen molar-refractivity contribution in [3.63, 3.8) is 0 Å². The summed E-state index contributed by atoms with van der Waals surface area (Å²) in [5, 5.41) is 25.8. The van der Waals surface area contributed by atoms with Gasteiger partial charge in [-0.2, -0.15) is 10.4 Å². The molecule has 0 atom stereocenters. The summed E-state index contributed by atoms with van der Waals surface area (Å²) >= 11 is 0. The van der Waals surface area contributed by atoms with Crippen molar-refractivity contribution < 1.29 is 9.84 Å². The topological polar surface area (TPSA) is 79.0 Å². The van der Waals surface area contributed by atoms with Crippen LogP contribution in [0.3, 0.4) is 0 Å². The molecular formula is C12H9N3O2. The number of benzene rings is 1. The maximum Gasteiger partial charge on any atom is 0.256 e. The molecule has 1 aromatic carbocycles. The number of rotatable bonds is 2. The van der Waals surface area contributed by atoms with Crippen LogP contribution in [-0.4, -0.2) is 15.3 Å². The Labute approximate surface area is 97.9 Å². The molecule has 17 heavy (non-hydrogen) atoms. The minimum atomic E-state index is 0.128. The van der Waals surface area contributed by atoms with Crippen molar-refractivity contribution in [3.8, 4) is 23.4 Å². The zero-order chi connectivity index (χ0) is 12.3. The summed E-state index contributed by atoms with van der Waals surface area (Å²) in [7, 11) is 0. The largest absolute Gasteiger partial charge is 0.508 e. The van der Waals surface area contributed by atoms with E-state index in [1.54, 1.807) is 25.1 Å². The molecule has 0 aliphatic carbocycles. The van der Waals surface area contributed by atoms with Gasteiger partial charge in [-0.05, 0) is 25.1 Å². The second kappa shape index (κ2) is 4.49. The van der Waals surface area contributed by atoms with Crippen LogP contribution in [0.25, 0.3) is 0 Å². The number of phenolic OH excluding ortho intramolecular Hbond substituents is 1. The van der Waals surface area contributed by atoms with Crippen molar-refractivity contribution in [3.05, 3.63) is 41.6 Å². The number of nitrogens with zero attached hydrogens (tertiary/aromatic N) is 3. The molecule has 0 bridgehead atoms. The molecule has 0 amide bonds. The predicted octanol–water partition coefficient (Wildman–Crippen LogP) is 2.15. The van der Waals surface area contributed by atoms with E-state index in [1.807, 2.05) is 6.07 Å². The smallest absolute Gasteiger partial charge is 0.256 e. The molecule has 0 saturated heterocycles. The van der Waals surface area contributed by atoms with Crippen LogP contribution in [0.4, 0.5) is 0 Å². The lowest BCUT2D eigenvalue weighted by atomic mass is 10.2. The Bertz CT molecular complexity index is 591. The number of ether oxygens (including phenoxy) is 1. The lowest BCUT2D eigenvalue weighted by molar-refractivity contribution is 0.433. The van der Waals surface area contributed by atoms with E-state index in [0.29, 0.717) is 16.9 Å². The van der Waals surface area contributed by atoms with E-state index >= 15 is 0 Å². The van der Waals surface area contributed by atoms with Gasteiger partial charge in [0.1, 0.15) is 23.1 Å². The van der Waals surface area contributed by atoms with E-state index in [1.165, 1.54) is 12.3 Å². The van der Waals surface area contributed by atoms with Gasteiger partial charge in [-0.1, -0.05) is 6.07 Å². The van der Waals surface area contributed by atoms with Crippen molar-refractivity contribution in [2.75, 3.05) is 0 Å². The molecule has 0 aliphatic rings. The van der Waals surface area contributed by atoms with Gasteiger partial charge in [-0.15, -0.1) is 5.10 Å². The summed E-state index contributed by atoms with van der Waals surface area (Å²) in [5.74, 6) is 0.704. The van der Waals surface area contributed by atoms with E-state index in [2.05, 4.69) is 10.2 Å². The summed E-state index contributed by atoms with van der Waals surface area (Å²) in [6.45, 7) is 1.72. The third-order valence-corrected chi connectivity index (χ3v) is 2.27. The number of nitriles is 1. The Balaban J connectivity index is 2.39. The number of aromatic nitrogens is 2. The van der Waals surface area contributed by atoms with Gasteiger partial charge in [0.2, 0.25) is 0 Å². The molecule has 2 aromatic rings. The van der Waals surface area contributed by atoms with Gasteiger partial charge in [0, 0.05) is 5.56 Å². The SMILES string of the molecule is Cc1c(O)cccc1Oc1nnccc1C#N. The Morgan fingerprint density at radius 2 is 2.18 bits per heavy atom. The third-order valence-electron chi connectivity index (χ3n) is 2.27. The summed E-state index contributed by atoms with van der Waals surface area (Å²) in [4.78, 5) is 0. The first-order valence-corrected chi connectivity index (χ1v) is 4.90. The van der Waals surface area contributed by atoms with Crippen molar-refractivity contribution >= 4 is 0 Å². The minimum Gasteiger partial charge on any atom is -0.508 e. The van der Waals surface area contributed by atoms with Crippen LogP contribution < -0.4 is 4.74 Å². The fraction of sp³-hybridized carbons (Fsp3) is 0.0833. The maximum atomic E-state index is 9.52. The van der Waals surface area contributed by atoms with Gasteiger partial charge >= 0.3 is 0 Å². The van der Waals surface area contributed by atoms with Crippen LogP contribution in [0.1, 0.15) is 11.1 Å². The highest BCUT2D eigenvalue weighted by Crippen LogP contribution is 2.30. The highest BCUT2D eigenvalue weighted by molar-refractivity contribution is 5.46. The van der Waals surface area contributed by atoms with E-state index in [9.17, 15) is 5.11 Å². The van der Waals surface area contributed by atoms with Gasteiger partial charge in [-0.3, -0.25) is 0 Å². The first kappa shape index (κ1) is 10.9. The molecule has 84 valence electrons. The monoisotopic (exact) mass is 227 g/mol. The zero-order valence-electron chi connectivity index (χ0n) is 9.08. The fourth-order valence-corrected chi connectivity index (χ4v) is 1.30. The molecule has 0 aliphatic heterocycles. The summed E-state index contributed by atoms with van der Waals surface area (Å²) in [5.41, 5.74) is 0.879. The molecule has 2 rings (SSSR count). The molecule has 5 heteroatoms. The van der Waals surface area contributed by atoms with Crippen LogP contribution >= 0.6 is 0 Å². The van der Waals surface area contributed by atoms with Crippen LogP contribution in [-0.2, 0) is 0 Å². The normalized spacial score (nSPS) is 9.65. The molecule has 1 heterocycles. The summed E-state index contributed by atoms with van der Waals surface area (Å²) in [6.07, 6.45) is 1.42. The van der Waals surface area contributed by atoms with Gasteiger partial charge in [-0.25, -0.2) is 0 Å². The van der Waals surface area contributed by atoms with E-state index in [0.717, 1.165) is 0 Å². The minimum absolute atomic E-state index is 0.128. The molecule has 0 unspecified atom stereocenters. The number of aromatic hydroxyl groups is 1. The Morgan fingerprint density at radius 3 is 2.94 bits per heavy atom. The molecule has 0 spiro atoms. The Hall–Kier alpha value is -2.61. The van der Waals surface area contributed by atoms with Gasteiger partial charge in [0.25, 0.3) is 5.88 Å². The second-order valence-corrected chi connectivity index (χ2v) is 3.36. The van der Waals surface area contributed by atoms with E-state index in [4.69, 9.17) is 10.00 Å². The van der Waals surface area contributed by atoms with Gasteiger partial charge in [0.05, 0.1) is 6.20 Å². The van der Waals surface area contributed by atoms with E-state index < -0.39 is 0 Å². The first-order valence-electron chi connectivity index (χ1n) is 4.90. The standard InChI is InChI=1S/C12H9N3O2/c1-8-10(16)3-2-4-11(8)17-12-9(7-13)5-6-14-15-12/h2-6,16H,1H3. The van der Waals surface area contributed by atoms with Crippen LogP contribution in [0, 0.1) is 18.3 Å². The summed E-state index contributed by atoms with van der Waals surface area (Å²) < 4.78 is 5.46. The van der Waals surface area contributed by atoms with Gasteiger partial charge in [0.15, 0.2) is 0 Å². The first-order chi connectivity index (χ1) is 8.22. The van der Waals surface area contributed by atoms with Crippen LogP contribution in [0.15, 0.2) is 30.5 Å². The number of hydrogen-bond acceptors (Lipinski definition) is 5. The average Bonchev–Trinajstić information content (AvgIpc) is 2.35. The molecule has 1 N–H and O–H groups in total. The zero-order valence-corrected chi connectivity index (χ0v) is 9.08. The van der Waals surface area contributed by atoms with Crippen molar-refractivity contribution in [2.45, 2.75) is 6.92 Å². The van der Waals surface area contributed by atoms with Gasteiger partial charge < -0.3 is 9.84 Å². The molecule has 0 fully saturated rings. The lowest BCUT2D eigenvalue weighted by Crippen LogP contribution is -1.95. The molecule has 0 radical (unpaired) electrons. The molecule has 5 nitrogen and oxygen atoms in total. The second-order valence-electron chi connectivity index (χ2n) is 3.36. The van der Waals surface area contributed by atoms with Crippen molar-refractivity contribution in [2.24, 2.45) is 0 Å². The number of phenols is 1. The average molecular weight is 227 g/mol. The predicted molar refractivity (Wildman–Crippen MR) is 59.7 cm³/mol. The molecular weight excluding hydrogens is 218 g/mol. The number of hydrogen-bond donors (Lipinski definition) is 1. The van der Waals surface area contributed by atoms with Crippen LogP contribution in [0.5, 0.6) is 17.4 Å². The molecule has 1 aromatic heterocycles. The fourth-order valence-electron chi connectivity index (χ4n) is 1.30. The van der Waals surface area contributed by atoms with Crippen molar-refractivity contribution in [1.82, 2.24) is 10.2 Å². The molecule has 0 saturated carbocycles. The highest BCUT2D eigenvalue weighted by atomic mass is 16.5. The lowest BCUT2D eigenvalue weighted by Gasteiger charge is -2.08. The van der Waals surface area contributed by atoms with E-state index in [-0.39, 0.29) is 11.6 Å². The maximum absolute atomic E-state index is 9.52. The highest BCUT2D eigenvalue weighted by Gasteiger charge is 2.09. The quantitative estimate of drug-likeness (QED) is 0.850. The van der Waals surface area contributed by atoms with Crippen LogP contribution in [0.2, 0.25) is 0 Å².